The predicted molar refractivity (Wildman–Crippen MR) is 80.1 cm³/mol. The number of hydrogen-bond acceptors (Lipinski definition) is 3. The average Bonchev–Trinajstić information content (AvgIpc) is 3.03. The summed E-state index contributed by atoms with van der Waals surface area (Å²) in [5.74, 6) is -0.406. The number of nitrogens with zero attached hydrogens (tertiary/aromatic N) is 3. The van der Waals surface area contributed by atoms with Gasteiger partial charge in [-0.3, -0.25) is 0 Å². The largest absolute Gasteiger partial charge is 0.381 e. The maximum absolute atomic E-state index is 13.1. The van der Waals surface area contributed by atoms with Crippen molar-refractivity contribution in [3.8, 4) is 5.69 Å². The van der Waals surface area contributed by atoms with E-state index in [1.165, 1.54) is 6.07 Å². The molecular formula is C15H12ClFN4. The lowest BCUT2D eigenvalue weighted by Crippen LogP contribution is -2.01. The summed E-state index contributed by atoms with van der Waals surface area (Å²) in [5.41, 5.74) is 2.75. The highest BCUT2D eigenvalue weighted by atomic mass is 35.5. The molecule has 0 saturated carbocycles. The van der Waals surface area contributed by atoms with Crippen molar-refractivity contribution >= 4 is 17.3 Å². The summed E-state index contributed by atoms with van der Waals surface area (Å²) in [4.78, 5) is 1.55. The number of halogens is 2. The molecule has 1 heterocycles. The molecule has 1 N–H and O–H groups in total. The van der Waals surface area contributed by atoms with Gasteiger partial charge in [-0.05, 0) is 42.0 Å². The number of aromatic nitrogens is 3. The molecule has 3 rings (SSSR count). The fraction of sp³-hybridized carbons (Fsp3) is 0.0667. The van der Waals surface area contributed by atoms with Crippen molar-refractivity contribution in [3.05, 3.63) is 71.3 Å². The Labute approximate surface area is 126 Å². The molecule has 0 saturated heterocycles. The van der Waals surface area contributed by atoms with Crippen LogP contribution in [0.4, 0.5) is 10.1 Å². The zero-order chi connectivity index (χ0) is 14.7. The summed E-state index contributed by atoms with van der Waals surface area (Å²) in [7, 11) is 0. The second-order valence-electron chi connectivity index (χ2n) is 4.47. The summed E-state index contributed by atoms with van der Waals surface area (Å²) in [6.07, 6.45) is 3.26. The first kappa shape index (κ1) is 13.6. The third-order valence-electron chi connectivity index (χ3n) is 3.00. The molecule has 0 radical (unpaired) electrons. The highest BCUT2D eigenvalue weighted by molar-refractivity contribution is 6.30. The van der Waals surface area contributed by atoms with Gasteiger partial charge in [-0.15, -0.1) is 0 Å². The van der Waals surface area contributed by atoms with Crippen molar-refractivity contribution in [2.45, 2.75) is 6.54 Å². The molecule has 0 fully saturated rings. The monoisotopic (exact) mass is 302 g/mol. The van der Waals surface area contributed by atoms with Crippen LogP contribution in [0, 0.1) is 5.82 Å². The van der Waals surface area contributed by atoms with Crippen molar-refractivity contribution in [1.29, 1.82) is 0 Å². The summed E-state index contributed by atoms with van der Waals surface area (Å²) in [6.45, 7) is 0.569. The first-order valence-electron chi connectivity index (χ1n) is 6.37. The van der Waals surface area contributed by atoms with Gasteiger partial charge in [0.2, 0.25) is 0 Å². The summed E-state index contributed by atoms with van der Waals surface area (Å²) in [5, 5.41) is 11.5. The topological polar surface area (TPSA) is 42.7 Å². The summed E-state index contributed by atoms with van der Waals surface area (Å²) < 4.78 is 13.1. The Morgan fingerprint density at radius 3 is 2.43 bits per heavy atom. The molecule has 0 aliphatic heterocycles. The third-order valence-corrected chi connectivity index (χ3v) is 3.29. The minimum atomic E-state index is -0.406. The standard InChI is InChI=1S/C15H12ClFN4/c16-14-9-11(1-6-15(14)17)10-18-12-2-4-13(5-3-12)21-19-7-8-20-21/h1-9,18H,10H2. The van der Waals surface area contributed by atoms with E-state index in [1.807, 2.05) is 24.3 Å². The molecule has 2 aromatic carbocycles. The molecule has 6 heteroatoms. The minimum absolute atomic E-state index is 0.134. The lowest BCUT2D eigenvalue weighted by Gasteiger charge is -2.08. The van der Waals surface area contributed by atoms with Gasteiger partial charge >= 0.3 is 0 Å². The van der Waals surface area contributed by atoms with E-state index in [9.17, 15) is 4.39 Å². The molecule has 0 aliphatic carbocycles. The van der Waals surface area contributed by atoms with E-state index in [1.54, 1.807) is 29.3 Å². The van der Waals surface area contributed by atoms with Crippen LogP contribution in [-0.4, -0.2) is 15.0 Å². The van der Waals surface area contributed by atoms with Crippen molar-refractivity contribution in [2.75, 3.05) is 5.32 Å². The van der Waals surface area contributed by atoms with E-state index in [4.69, 9.17) is 11.6 Å². The summed E-state index contributed by atoms with van der Waals surface area (Å²) >= 11 is 5.75. The van der Waals surface area contributed by atoms with E-state index in [2.05, 4.69) is 15.5 Å². The zero-order valence-corrected chi connectivity index (χ0v) is 11.8. The second-order valence-corrected chi connectivity index (χ2v) is 4.87. The van der Waals surface area contributed by atoms with Crippen LogP contribution < -0.4 is 5.32 Å². The molecule has 1 aromatic heterocycles. The molecule has 21 heavy (non-hydrogen) atoms. The van der Waals surface area contributed by atoms with Gasteiger partial charge in [0.1, 0.15) is 5.82 Å². The predicted octanol–water partition coefficient (Wildman–Crippen LogP) is 3.67. The maximum atomic E-state index is 13.1. The maximum Gasteiger partial charge on any atom is 0.141 e. The zero-order valence-electron chi connectivity index (χ0n) is 11.0. The molecule has 4 nitrogen and oxygen atoms in total. The smallest absolute Gasteiger partial charge is 0.141 e. The van der Waals surface area contributed by atoms with Gasteiger partial charge in [-0.1, -0.05) is 17.7 Å². The van der Waals surface area contributed by atoms with Gasteiger partial charge in [0.15, 0.2) is 0 Å². The lowest BCUT2D eigenvalue weighted by atomic mass is 10.2. The third kappa shape index (κ3) is 3.20. The van der Waals surface area contributed by atoms with Crippen LogP contribution in [0.2, 0.25) is 5.02 Å². The quantitative estimate of drug-likeness (QED) is 0.799. The summed E-state index contributed by atoms with van der Waals surface area (Å²) in [6, 6.07) is 12.4. The van der Waals surface area contributed by atoms with Crippen LogP contribution in [-0.2, 0) is 6.54 Å². The molecular weight excluding hydrogens is 291 g/mol. The average molecular weight is 303 g/mol. The van der Waals surface area contributed by atoms with Crippen LogP contribution in [0.5, 0.6) is 0 Å². The van der Waals surface area contributed by atoms with Crippen LogP contribution in [0.3, 0.4) is 0 Å². The molecule has 3 aromatic rings. The van der Waals surface area contributed by atoms with E-state index in [0.717, 1.165) is 16.9 Å². The molecule has 0 bridgehead atoms. The van der Waals surface area contributed by atoms with Crippen molar-refractivity contribution in [1.82, 2.24) is 15.0 Å². The van der Waals surface area contributed by atoms with Gasteiger partial charge in [-0.2, -0.15) is 15.0 Å². The number of hydrogen-bond donors (Lipinski definition) is 1. The Morgan fingerprint density at radius 1 is 1.05 bits per heavy atom. The molecule has 0 aliphatic rings. The first-order chi connectivity index (χ1) is 10.2. The Hall–Kier alpha value is -2.40. The van der Waals surface area contributed by atoms with Gasteiger partial charge in [0.05, 0.1) is 23.1 Å². The van der Waals surface area contributed by atoms with Crippen molar-refractivity contribution in [3.63, 3.8) is 0 Å². The fourth-order valence-corrected chi connectivity index (χ4v) is 2.12. The second kappa shape index (κ2) is 5.93. The van der Waals surface area contributed by atoms with Gasteiger partial charge in [-0.25, -0.2) is 4.39 Å². The SMILES string of the molecule is Fc1ccc(CNc2ccc(-n3nccn3)cc2)cc1Cl. The molecule has 0 unspecified atom stereocenters. The van der Waals surface area contributed by atoms with Crippen molar-refractivity contribution < 1.29 is 4.39 Å². The number of benzene rings is 2. The molecule has 106 valence electrons. The normalized spacial score (nSPS) is 10.6. The fourth-order valence-electron chi connectivity index (χ4n) is 1.92. The van der Waals surface area contributed by atoms with E-state index < -0.39 is 5.82 Å². The number of nitrogens with one attached hydrogen (secondary N) is 1. The van der Waals surface area contributed by atoms with Crippen molar-refractivity contribution in [2.24, 2.45) is 0 Å². The van der Waals surface area contributed by atoms with Gasteiger partial charge in [0, 0.05) is 12.2 Å². The van der Waals surface area contributed by atoms with E-state index in [-0.39, 0.29) is 5.02 Å². The lowest BCUT2D eigenvalue weighted by molar-refractivity contribution is 0.627. The molecule has 0 spiro atoms. The molecule has 0 amide bonds. The Morgan fingerprint density at radius 2 is 1.76 bits per heavy atom. The Balaban J connectivity index is 1.66. The van der Waals surface area contributed by atoms with Gasteiger partial charge in [0.25, 0.3) is 0 Å². The highest BCUT2D eigenvalue weighted by Gasteiger charge is 2.02. The Bertz CT molecular complexity index is 726. The highest BCUT2D eigenvalue weighted by Crippen LogP contribution is 2.18. The van der Waals surface area contributed by atoms with Crippen LogP contribution in [0.15, 0.2) is 54.9 Å². The minimum Gasteiger partial charge on any atom is -0.381 e. The molecule has 0 atom stereocenters. The van der Waals surface area contributed by atoms with E-state index in [0.29, 0.717) is 6.54 Å². The number of rotatable bonds is 4. The van der Waals surface area contributed by atoms with Crippen LogP contribution >= 0.6 is 11.6 Å². The number of anilines is 1. The Kier molecular flexibility index (Phi) is 3.83. The van der Waals surface area contributed by atoms with Crippen LogP contribution in [0.25, 0.3) is 5.69 Å². The van der Waals surface area contributed by atoms with E-state index >= 15 is 0 Å². The van der Waals surface area contributed by atoms with Gasteiger partial charge < -0.3 is 5.32 Å². The van der Waals surface area contributed by atoms with Crippen LogP contribution in [0.1, 0.15) is 5.56 Å². The first-order valence-corrected chi connectivity index (χ1v) is 6.75.